The molecule has 1 N–H and O–H groups in total. The van der Waals surface area contributed by atoms with Crippen LogP contribution in [0.25, 0.3) is 0 Å². The van der Waals surface area contributed by atoms with Gasteiger partial charge in [0.05, 0.1) is 5.54 Å². The predicted octanol–water partition coefficient (Wildman–Crippen LogP) is 2.31. The topological polar surface area (TPSA) is 29.1 Å². The molecule has 13 heavy (non-hydrogen) atoms. The number of hydrogen-bond acceptors (Lipinski definition) is 1. The maximum atomic E-state index is 11.7. The largest absolute Gasteiger partial charge is 0.349 e. The minimum Gasteiger partial charge on any atom is -0.349 e. The summed E-state index contributed by atoms with van der Waals surface area (Å²) in [5.74, 6) is 0.673. The van der Waals surface area contributed by atoms with Crippen molar-refractivity contribution >= 4 is 17.5 Å². The quantitative estimate of drug-likeness (QED) is 0.699. The molecule has 0 aromatic rings. The molecule has 0 aromatic carbocycles. The van der Waals surface area contributed by atoms with E-state index in [2.05, 4.69) is 5.32 Å². The first kappa shape index (κ1) is 10.8. The normalized spacial score (nSPS) is 19.7. The van der Waals surface area contributed by atoms with Crippen molar-refractivity contribution in [1.82, 2.24) is 5.32 Å². The molecule has 1 aliphatic carbocycles. The first-order valence-electron chi connectivity index (χ1n) is 4.84. The van der Waals surface area contributed by atoms with Crippen LogP contribution in [0.2, 0.25) is 0 Å². The van der Waals surface area contributed by atoms with E-state index in [0.29, 0.717) is 5.88 Å². The van der Waals surface area contributed by atoms with Crippen molar-refractivity contribution in [2.45, 2.75) is 45.6 Å². The van der Waals surface area contributed by atoms with E-state index >= 15 is 0 Å². The smallest absolute Gasteiger partial charge is 0.226 e. The lowest BCUT2D eigenvalue weighted by Crippen LogP contribution is -2.45. The molecule has 0 atom stereocenters. The lowest BCUT2D eigenvalue weighted by Gasteiger charge is -2.25. The van der Waals surface area contributed by atoms with E-state index in [1.165, 1.54) is 0 Å². The molecule has 3 heteroatoms. The van der Waals surface area contributed by atoms with Gasteiger partial charge in [0.1, 0.15) is 0 Å². The van der Waals surface area contributed by atoms with Gasteiger partial charge in [0, 0.05) is 11.3 Å². The average molecular weight is 204 g/mol. The van der Waals surface area contributed by atoms with Crippen LogP contribution in [-0.4, -0.2) is 17.3 Å². The van der Waals surface area contributed by atoms with E-state index in [0.717, 1.165) is 19.3 Å². The van der Waals surface area contributed by atoms with Gasteiger partial charge in [-0.15, -0.1) is 11.6 Å². The highest BCUT2D eigenvalue weighted by Crippen LogP contribution is 2.37. The van der Waals surface area contributed by atoms with Gasteiger partial charge in [-0.3, -0.25) is 4.79 Å². The first-order chi connectivity index (χ1) is 5.96. The fourth-order valence-corrected chi connectivity index (χ4v) is 1.35. The van der Waals surface area contributed by atoms with Crippen LogP contribution in [0.1, 0.15) is 40.0 Å². The molecule has 0 unspecified atom stereocenters. The van der Waals surface area contributed by atoms with E-state index in [1.807, 2.05) is 20.8 Å². The highest BCUT2D eigenvalue weighted by molar-refractivity contribution is 6.19. The van der Waals surface area contributed by atoms with Gasteiger partial charge in [-0.2, -0.15) is 0 Å². The third-order valence-corrected chi connectivity index (χ3v) is 3.50. The third-order valence-electron chi connectivity index (χ3n) is 2.99. The van der Waals surface area contributed by atoms with Crippen molar-refractivity contribution in [3.63, 3.8) is 0 Å². The van der Waals surface area contributed by atoms with Gasteiger partial charge < -0.3 is 5.32 Å². The fourth-order valence-electron chi connectivity index (χ4n) is 1.01. The molecule has 1 aliphatic rings. The number of carbonyl (C=O) groups excluding carboxylic acids is 1. The molecule has 0 heterocycles. The van der Waals surface area contributed by atoms with Gasteiger partial charge >= 0.3 is 0 Å². The standard InChI is InChI=1S/C10H18ClNO/c1-4-9(2,3)8(13)12-10(7-11)5-6-10/h4-7H2,1-3H3,(H,12,13). The van der Waals surface area contributed by atoms with Gasteiger partial charge in [0.15, 0.2) is 0 Å². The van der Waals surface area contributed by atoms with Crippen LogP contribution in [0, 0.1) is 5.41 Å². The first-order valence-corrected chi connectivity index (χ1v) is 5.38. The number of nitrogens with one attached hydrogen (secondary N) is 1. The van der Waals surface area contributed by atoms with Crippen molar-refractivity contribution in [3.8, 4) is 0 Å². The van der Waals surface area contributed by atoms with Crippen LogP contribution in [0.3, 0.4) is 0 Å². The SMILES string of the molecule is CCC(C)(C)C(=O)NC1(CCl)CC1. The molecule has 2 nitrogen and oxygen atoms in total. The molecule has 1 rings (SSSR count). The Kier molecular flexibility index (Phi) is 2.91. The van der Waals surface area contributed by atoms with Gasteiger partial charge in [0.2, 0.25) is 5.91 Å². The highest BCUT2D eigenvalue weighted by Gasteiger charge is 2.45. The van der Waals surface area contributed by atoms with E-state index in [4.69, 9.17) is 11.6 Å². The van der Waals surface area contributed by atoms with E-state index in [9.17, 15) is 4.79 Å². The maximum Gasteiger partial charge on any atom is 0.226 e. The van der Waals surface area contributed by atoms with E-state index in [1.54, 1.807) is 0 Å². The summed E-state index contributed by atoms with van der Waals surface area (Å²) in [4.78, 5) is 11.7. The van der Waals surface area contributed by atoms with Crippen LogP contribution in [0.15, 0.2) is 0 Å². The molecule has 1 saturated carbocycles. The molecule has 76 valence electrons. The number of rotatable bonds is 4. The molecule has 0 spiro atoms. The molecule has 0 aliphatic heterocycles. The lowest BCUT2D eigenvalue weighted by molar-refractivity contribution is -0.130. The Morgan fingerprint density at radius 3 is 2.38 bits per heavy atom. The Balaban J connectivity index is 2.50. The third kappa shape index (κ3) is 2.37. The average Bonchev–Trinajstić information content (AvgIpc) is 2.85. The summed E-state index contributed by atoms with van der Waals surface area (Å²) in [5.41, 5.74) is -0.327. The molecule has 1 fully saturated rings. The minimum atomic E-state index is -0.262. The number of carbonyl (C=O) groups is 1. The summed E-state index contributed by atoms with van der Waals surface area (Å²) in [6, 6.07) is 0. The van der Waals surface area contributed by atoms with Gasteiger partial charge in [-0.05, 0) is 19.3 Å². The molecule has 0 saturated heterocycles. The number of alkyl halides is 1. The fraction of sp³-hybridized carbons (Fsp3) is 0.900. The summed E-state index contributed by atoms with van der Waals surface area (Å²) >= 11 is 5.78. The molecular weight excluding hydrogens is 186 g/mol. The zero-order valence-corrected chi connectivity index (χ0v) is 9.37. The second-order valence-corrected chi connectivity index (χ2v) is 4.87. The number of halogens is 1. The van der Waals surface area contributed by atoms with Crippen LogP contribution < -0.4 is 5.32 Å². The summed E-state index contributed by atoms with van der Waals surface area (Å²) in [6.07, 6.45) is 2.92. The zero-order valence-electron chi connectivity index (χ0n) is 8.61. The molecular formula is C10H18ClNO. The van der Waals surface area contributed by atoms with Gasteiger partial charge in [-0.25, -0.2) is 0 Å². The van der Waals surface area contributed by atoms with E-state index in [-0.39, 0.29) is 16.9 Å². The lowest BCUT2D eigenvalue weighted by atomic mass is 9.89. The Bertz CT molecular complexity index is 209. The Morgan fingerprint density at radius 2 is 2.08 bits per heavy atom. The van der Waals surface area contributed by atoms with Crippen molar-refractivity contribution < 1.29 is 4.79 Å². The second-order valence-electron chi connectivity index (χ2n) is 4.61. The van der Waals surface area contributed by atoms with Crippen molar-refractivity contribution in [2.24, 2.45) is 5.41 Å². The molecule has 0 bridgehead atoms. The number of hydrogen-bond donors (Lipinski definition) is 1. The van der Waals surface area contributed by atoms with Crippen molar-refractivity contribution in [2.75, 3.05) is 5.88 Å². The Hall–Kier alpha value is -0.240. The number of amides is 1. The van der Waals surface area contributed by atoms with Gasteiger partial charge in [0.25, 0.3) is 0 Å². The van der Waals surface area contributed by atoms with Crippen LogP contribution in [0.4, 0.5) is 0 Å². The van der Waals surface area contributed by atoms with Crippen LogP contribution in [0.5, 0.6) is 0 Å². The zero-order chi connectivity index (χ0) is 10.1. The van der Waals surface area contributed by atoms with Crippen molar-refractivity contribution in [1.29, 1.82) is 0 Å². The van der Waals surface area contributed by atoms with E-state index < -0.39 is 0 Å². The summed E-state index contributed by atoms with van der Waals surface area (Å²) in [6.45, 7) is 5.96. The molecule has 0 radical (unpaired) electrons. The molecule has 0 aromatic heterocycles. The predicted molar refractivity (Wildman–Crippen MR) is 54.9 cm³/mol. The Morgan fingerprint density at radius 1 is 1.54 bits per heavy atom. The minimum absolute atomic E-state index is 0.0644. The van der Waals surface area contributed by atoms with Crippen LogP contribution in [-0.2, 0) is 4.79 Å². The maximum absolute atomic E-state index is 11.7. The van der Waals surface area contributed by atoms with Gasteiger partial charge in [-0.1, -0.05) is 20.8 Å². The summed E-state index contributed by atoms with van der Waals surface area (Å²) < 4.78 is 0. The van der Waals surface area contributed by atoms with Crippen molar-refractivity contribution in [3.05, 3.63) is 0 Å². The van der Waals surface area contributed by atoms with Crippen LogP contribution >= 0.6 is 11.6 Å². The Labute approximate surface area is 85.0 Å². The highest BCUT2D eigenvalue weighted by atomic mass is 35.5. The summed E-state index contributed by atoms with van der Waals surface area (Å²) in [7, 11) is 0. The molecule has 1 amide bonds. The monoisotopic (exact) mass is 203 g/mol. The summed E-state index contributed by atoms with van der Waals surface area (Å²) in [5, 5.41) is 3.04. The second kappa shape index (κ2) is 3.49.